The summed E-state index contributed by atoms with van der Waals surface area (Å²) in [4.78, 5) is 33.3. The molecule has 0 spiro atoms. The van der Waals surface area contributed by atoms with Crippen molar-refractivity contribution in [1.29, 1.82) is 0 Å². The van der Waals surface area contributed by atoms with Crippen molar-refractivity contribution in [2.75, 3.05) is 7.11 Å². The van der Waals surface area contributed by atoms with Gasteiger partial charge >= 0.3 is 11.7 Å². The number of carbonyl (C=O) groups excluding carboxylic acids is 1. The van der Waals surface area contributed by atoms with Crippen LogP contribution in [0.25, 0.3) is 0 Å². The third kappa shape index (κ3) is 3.33. The second kappa shape index (κ2) is 6.42. The number of carboxylic acid groups (broad SMARTS) is 1. The number of carbonyl (C=O) groups is 2. The SMILES string of the molecule is COc1cc(C(=O)N[C@H]2CC[C@@H](C(=O)O)C2)ccc1[N+](=O)[O-]. The molecular weight excluding hydrogens is 292 g/mol. The Morgan fingerprint density at radius 1 is 1.41 bits per heavy atom. The minimum atomic E-state index is -0.853. The first-order valence-electron chi connectivity index (χ1n) is 6.78. The van der Waals surface area contributed by atoms with Crippen LogP contribution in [0.2, 0.25) is 0 Å². The van der Waals surface area contributed by atoms with E-state index in [9.17, 15) is 19.7 Å². The van der Waals surface area contributed by atoms with Crippen LogP contribution in [0.5, 0.6) is 5.75 Å². The number of methoxy groups -OCH3 is 1. The Morgan fingerprint density at radius 3 is 2.68 bits per heavy atom. The Balaban J connectivity index is 2.07. The van der Waals surface area contributed by atoms with Gasteiger partial charge in [0, 0.05) is 23.7 Å². The second-order valence-corrected chi connectivity index (χ2v) is 5.16. The Morgan fingerprint density at radius 2 is 2.14 bits per heavy atom. The quantitative estimate of drug-likeness (QED) is 0.629. The lowest BCUT2D eigenvalue weighted by Crippen LogP contribution is -2.33. The molecule has 0 aromatic heterocycles. The molecule has 1 aliphatic rings. The molecule has 2 rings (SSSR count). The maximum atomic E-state index is 12.1. The van der Waals surface area contributed by atoms with E-state index >= 15 is 0 Å². The number of rotatable bonds is 5. The lowest BCUT2D eigenvalue weighted by Gasteiger charge is -2.13. The molecule has 22 heavy (non-hydrogen) atoms. The third-order valence-corrected chi connectivity index (χ3v) is 3.76. The van der Waals surface area contributed by atoms with Gasteiger partial charge in [-0.15, -0.1) is 0 Å². The van der Waals surface area contributed by atoms with Gasteiger partial charge in [0.05, 0.1) is 18.0 Å². The number of ether oxygens (including phenoxy) is 1. The van der Waals surface area contributed by atoms with Crippen LogP contribution in [-0.4, -0.2) is 35.1 Å². The smallest absolute Gasteiger partial charge is 0.310 e. The van der Waals surface area contributed by atoms with Gasteiger partial charge in [-0.2, -0.15) is 0 Å². The van der Waals surface area contributed by atoms with E-state index in [0.29, 0.717) is 19.3 Å². The van der Waals surface area contributed by atoms with E-state index in [1.54, 1.807) is 0 Å². The number of hydrogen-bond donors (Lipinski definition) is 2. The van der Waals surface area contributed by atoms with E-state index in [1.165, 1.54) is 25.3 Å². The van der Waals surface area contributed by atoms with Crippen molar-refractivity contribution in [3.8, 4) is 5.75 Å². The maximum Gasteiger partial charge on any atom is 0.310 e. The summed E-state index contributed by atoms with van der Waals surface area (Å²) in [5.41, 5.74) is 0.0204. The molecule has 8 heteroatoms. The lowest BCUT2D eigenvalue weighted by atomic mass is 10.1. The first-order valence-corrected chi connectivity index (χ1v) is 6.78. The summed E-state index contributed by atoms with van der Waals surface area (Å²) in [6, 6.07) is 3.66. The standard InChI is InChI=1S/C14H16N2O6/c1-22-12-7-8(3-5-11(12)16(20)21)13(17)15-10-4-2-9(6-10)14(18)19/h3,5,7,9-10H,2,4,6H2,1H3,(H,15,17)(H,18,19)/t9-,10+/m1/s1. The molecule has 2 N–H and O–H groups in total. The average molecular weight is 308 g/mol. The van der Waals surface area contributed by atoms with Crippen LogP contribution in [0, 0.1) is 16.0 Å². The Labute approximate surface area is 126 Å². The Bertz CT molecular complexity index is 615. The van der Waals surface area contributed by atoms with Crippen molar-refractivity contribution in [3.05, 3.63) is 33.9 Å². The summed E-state index contributed by atoms with van der Waals surface area (Å²) < 4.78 is 4.92. The zero-order chi connectivity index (χ0) is 16.3. The van der Waals surface area contributed by atoms with Crippen LogP contribution in [0.3, 0.4) is 0 Å². The van der Waals surface area contributed by atoms with Crippen molar-refractivity contribution in [3.63, 3.8) is 0 Å². The minimum Gasteiger partial charge on any atom is -0.490 e. The first kappa shape index (κ1) is 15.7. The zero-order valence-corrected chi connectivity index (χ0v) is 11.9. The molecule has 0 unspecified atom stereocenters. The van der Waals surface area contributed by atoms with Crippen LogP contribution in [0.15, 0.2) is 18.2 Å². The first-order chi connectivity index (χ1) is 10.4. The van der Waals surface area contributed by atoms with E-state index < -0.39 is 22.7 Å². The van der Waals surface area contributed by atoms with Gasteiger partial charge in [-0.1, -0.05) is 0 Å². The molecule has 0 aliphatic heterocycles. The molecule has 1 aliphatic carbocycles. The molecule has 1 saturated carbocycles. The predicted molar refractivity (Wildman–Crippen MR) is 75.9 cm³/mol. The van der Waals surface area contributed by atoms with Crippen molar-refractivity contribution >= 4 is 17.6 Å². The Kier molecular flexibility index (Phi) is 4.59. The molecule has 1 aromatic rings. The van der Waals surface area contributed by atoms with E-state index in [4.69, 9.17) is 9.84 Å². The number of nitro benzene ring substituents is 1. The molecule has 2 atom stereocenters. The van der Waals surface area contributed by atoms with Crippen molar-refractivity contribution in [1.82, 2.24) is 5.32 Å². The van der Waals surface area contributed by atoms with E-state index in [0.717, 1.165) is 0 Å². The molecule has 118 valence electrons. The molecule has 1 amide bonds. The van der Waals surface area contributed by atoms with Gasteiger partial charge in [0.2, 0.25) is 0 Å². The van der Waals surface area contributed by atoms with Crippen LogP contribution in [0.1, 0.15) is 29.6 Å². The fourth-order valence-electron chi connectivity index (χ4n) is 2.58. The molecule has 1 fully saturated rings. The normalized spacial score (nSPS) is 20.4. The van der Waals surface area contributed by atoms with Crippen LogP contribution < -0.4 is 10.1 Å². The average Bonchev–Trinajstić information content (AvgIpc) is 2.95. The molecule has 0 radical (unpaired) electrons. The monoisotopic (exact) mass is 308 g/mol. The Hall–Kier alpha value is -2.64. The molecule has 0 saturated heterocycles. The largest absolute Gasteiger partial charge is 0.490 e. The van der Waals surface area contributed by atoms with E-state index in [2.05, 4.69) is 5.32 Å². The molecule has 8 nitrogen and oxygen atoms in total. The highest BCUT2D eigenvalue weighted by molar-refractivity contribution is 5.95. The van der Waals surface area contributed by atoms with Gasteiger partial charge in [0.15, 0.2) is 5.75 Å². The number of aliphatic carboxylic acids is 1. The third-order valence-electron chi connectivity index (χ3n) is 3.76. The van der Waals surface area contributed by atoms with Gasteiger partial charge in [-0.05, 0) is 25.3 Å². The summed E-state index contributed by atoms with van der Waals surface area (Å²) in [5.74, 6) is -1.68. The van der Waals surface area contributed by atoms with Gasteiger partial charge < -0.3 is 15.2 Å². The fourth-order valence-corrected chi connectivity index (χ4v) is 2.58. The summed E-state index contributed by atoms with van der Waals surface area (Å²) >= 11 is 0. The lowest BCUT2D eigenvalue weighted by molar-refractivity contribution is -0.385. The minimum absolute atomic E-state index is 0.00693. The van der Waals surface area contributed by atoms with Gasteiger partial charge in [0.1, 0.15) is 0 Å². The van der Waals surface area contributed by atoms with Gasteiger partial charge in [-0.25, -0.2) is 0 Å². The second-order valence-electron chi connectivity index (χ2n) is 5.16. The molecule has 1 aromatic carbocycles. The summed E-state index contributed by atoms with van der Waals surface area (Å²) in [6.45, 7) is 0. The summed E-state index contributed by atoms with van der Waals surface area (Å²) in [6.07, 6.45) is 1.53. The highest BCUT2D eigenvalue weighted by Crippen LogP contribution is 2.29. The number of amides is 1. The fraction of sp³-hybridized carbons (Fsp3) is 0.429. The highest BCUT2D eigenvalue weighted by Gasteiger charge is 2.31. The van der Waals surface area contributed by atoms with Crippen LogP contribution >= 0.6 is 0 Å². The maximum absolute atomic E-state index is 12.1. The number of carboxylic acids is 1. The summed E-state index contributed by atoms with van der Waals surface area (Å²) in [5, 5.41) is 22.5. The van der Waals surface area contributed by atoms with Crippen molar-refractivity contribution in [2.24, 2.45) is 5.92 Å². The number of benzene rings is 1. The van der Waals surface area contributed by atoms with Crippen molar-refractivity contribution < 1.29 is 24.4 Å². The van der Waals surface area contributed by atoms with E-state index in [1.807, 2.05) is 0 Å². The number of nitrogens with one attached hydrogen (secondary N) is 1. The van der Waals surface area contributed by atoms with E-state index in [-0.39, 0.29) is 23.0 Å². The predicted octanol–water partition coefficient (Wildman–Crippen LogP) is 1.59. The summed E-state index contributed by atoms with van der Waals surface area (Å²) in [7, 11) is 1.29. The molecule has 0 bridgehead atoms. The molecular formula is C14H16N2O6. The number of nitro groups is 1. The highest BCUT2D eigenvalue weighted by atomic mass is 16.6. The van der Waals surface area contributed by atoms with Gasteiger partial charge in [-0.3, -0.25) is 19.7 Å². The van der Waals surface area contributed by atoms with Crippen LogP contribution in [0.4, 0.5) is 5.69 Å². The van der Waals surface area contributed by atoms with Crippen molar-refractivity contribution in [2.45, 2.75) is 25.3 Å². The molecule has 0 heterocycles. The van der Waals surface area contributed by atoms with Crippen LogP contribution in [-0.2, 0) is 4.79 Å². The van der Waals surface area contributed by atoms with Gasteiger partial charge in [0.25, 0.3) is 5.91 Å². The zero-order valence-electron chi connectivity index (χ0n) is 11.9. The number of nitrogens with zero attached hydrogens (tertiary/aromatic N) is 1. The number of hydrogen-bond acceptors (Lipinski definition) is 5. The topological polar surface area (TPSA) is 119 Å².